The summed E-state index contributed by atoms with van der Waals surface area (Å²) in [5, 5.41) is 18.7. The van der Waals surface area contributed by atoms with Gasteiger partial charge in [-0.15, -0.1) is 0 Å². The maximum Gasteiger partial charge on any atom is 0.165 e. The predicted molar refractivity (Wildman–Crippen MR) is 66.2 cm³/mol. The number of nitrogens with zero attached hydrogens (tertiary/aromatic N) is 4. The number of aliphatic hydroxyl groups is 2. The highest BCUT2D eigenvalue weighted by molar-refractivity contribution is 5.81. The van der Waals surface area contributed by atoms with Gasteiger partial charge in [0.15, 0.2) is 11.5 Å². The number of rotatable bonds is 3. The molecule has 8 nitrogen and oxygen atoms in total. The molecule has 2 aromatic heterocycles. The lowest BCUT2D eigenvalue weighted by Gasteiger charge is -2.20. The van der Waals surface area contributed by atoms with Gasteiger partial charge in [0.2, 0.25) is 0 Å². The molecule has 1 aliphatic rings. The highest BCUT2D eigenvalue weighted by atomic mass is 16.5. The zero-order valence-electron chi connectivity index (χ0n) is 10.2. The molecule has 8 heteroatoms. The molecule has 0 saturated carbocycles. The number of fused-ring (bicyclic) bond motifs is 1. The third kappa shape index (κ3) is 1.84. The van der Waals surface area contributed by atoms with E-state index in [0.717, 1.165) is 0 Å². The largest absolute Gasteiger partial charge is 0.396 e. The summed E-state index contributed by atoms with van der Waals surface area (Å²) in [6.45, 7) is 0.202. The molecular weight excluding hydrogens is 250 g/mol. The number of imidazole rings is 1. The standard InChI is InChI=1S/C11H15N5O3/c12-10-9-11(14-4-13-10)16(5-15-9)7-3-19-8(2-18)6(7)1-17/h4-8,17-18H,1-3H2,(H2,12,13,14)/t6-,7-,8+/m0/s1. The molecule has 4 N–H and O–H groups in total. The molecule has 0 aliphatic carbocycles. The molecule has 3 atom stereocenters. The van der Waals surface area contributed by atoms with Crippen molar-refractivity contribution in [1.29, 1.82) is 0 Å². The molecule has 2 aromatic rings. The average Bonchev–Trinajstić information content (AvgIpc) is 3.01. The van der Waals surface area contributed by atoms with Gasteiger partial charge in [0, 0.05) is 5.92 Å². The van der Waals surface area contributed by atoms with E-state index in [0.29, 0.717) is 23.6 Å². The minimum Gasteiger partial charge on any atom is -0.396 e. The molecule has 1 fully saturated rings. The molecule has 0 bridgehead atoms. The number of aliphatic hydroxyl groups excluding tert-OH is 2. The number of aromatic nitrogens is 4. The summed E-state index contributed by atoms with van der Waals surface area (Å²) in [5.74, 6) is 0.125. The topological polar surface area (TPSA) is 119 Å². The monoisotopic (exact) mass is 265 g/mol. The molecular formula is C11H15N5O3. The molecule has 102 valence electrons. The van der Waals surface area contributed by atoms with Crippen molar-refractivity contribution in [2.24, 2.45) is 5.92 Å². The first-order valence-corrected chi connectivity index (χ1v) is 6.02. The number of hydrogen-bond donors (Lipinski definition) is 3. The van der Waals surface area contributed by atoms with Gasteiger partial charge >= 0.3 is 0 Å². The Morgan fingerprint density at radius 3 is 2.89 bits per heavy atom. The van der Waals surface area contributed by atoms with Crippen LogP contribution in [0.15, 0.2) is 12.7 Å². The third-order valence-electron chi connectivity index (χ3n) is 3.59. The smallest absolute Gasteiger partial charge is 0.165 e. The maximum absolute atomic E-state index is 9.48. The highest BCUT2D eigenvalue weighted by Crippen LogP contribution is 2.33. The molecule has 0 unspecified atom stereocenters. The second-order valence-corrected chi connectivity index (χ2v) is 4.55. The Balaban J connectivity index is 2.03. The Labute approximate surface area is 108 Å². The minimum absolute atomic E-state index is 0.0733. The lowest BCUT2D eigenvalue weighted by atomic mass is 9.98. The fourth-order valence-corrected chi connectivity index (χ4v) is 2.54. The van der Waals surface area contributed by atoms with E-state index in [1.807, 2.05) is 4.57 Å². The van der Waals surface area contributed by atoms with Crippen LogP contribution in [0.25, 0.3) is 11.2 Å². The van der Waals surface area contributed by atoms with E-state index < -0.39 is 0 Å². The van der Waals surface area contributed by atoms with E-state index in [-0.39, 0.29) is 31.3 Å². The van der Waals surface area contributed by atoms with Gasteiger partial charge in [-0.2, -0.15) is 0 Å². The van der Waals surface area contributed by atoms with E-state index in [9.17, 15) is 10.2 Å². The van der Waals surface area contributed by atoms with Crippen LogP contribution in [0.3, 0.4) is 0 Å². The Bertz CT molecular complexity index is 587. The second-order valence-electron chi connectivity index (χ2n) is 4.55. The Morgan fingerprint density at radius 2 is 2.16 bits per heavy atom. The van der Waals surface area contributed by atoms with E-state index in [1.54, 1.807) is 6.33 Å². The molecule has 19 heavy (non-hydrogen) atoms. The summed E-state index contributed by atoms with van der Waals surface area (Å²) < 4.78 is 7.31. The molecule has 0 amide bonds. The Hall–Kier alpha value is -1.77. The van der Waals surface area contributed by atoms with E-state index in [2.05, 4.69) is 15.0 Å². The van der Waals surface area contributed by atoms with Crippen LogP contribution in [0, 0.1) is 5.92 Å². The zero-order valence-corrected chi connectivity index (χ0v) is 10.2. The van der Waals surface area contributed by atoms with Crippen LogP contribution in [0.4, 0.5) is 5.82 Å². The average molecular weight is 265 g/mol. The third-order valence-corrected chi connectivity index (χ3v) is 3.59. The lowest BCUT2D eigenvalue weighted by Crippen LogP contribution is -2.28. The van der Waals surface area contributed by atoms with Crippen LogP contribution in [0.2, 0.25) is 0 Å². The summed E-state index contributed by atoms with van der Waals surface area (Å²) in [5.41, 5.74) is 6.88. The molecule has 3 heterocycles. The fourth-order valence-electron chi connectivity index (χ4n) is 2.54. The molecule has 3 rings (SSSR count). The first kappa shape index (κ1) is 12.3. The second kappa shape index (κ2) is 4.72. The van der Waals surface area contributed by atoms with Crippen molar-refractivity contribution in [3.63, 3.8) is 0 Å². The molecule has 0 spiro atoms. The van der Waals surface area contributed by atoms with Gasteiger partial charge in [-0.25, -0.2) is 15.0 Å². The molecule has 1 saturated heterocycles. The predicted octanol–water partition coefficient (Wildman–Crippen LogP) is -1.05. The number of ether oxygens (including phenoxy) is 1. The van der Waals surface area contributed by atoms with E-state index in [4.69, 9.17) is 10.5 Å². The van der Waals surface area contributed by atoms with Crippen LogP contribution >= 0.6 is 0 Å². The van der Waals surface area contributed by atoms with Gasteiger partial charge in [-0.05, 0) is 0 Å². The van der Waals surface area contributed by atoms with Gasteiger partial charge in [0.25, 0.3) is 0 Å². The lowest BCUT2D eigenvalue weighted by molar-refractivity contribution is 0.0268. The minimum atomic E-state index is -0.369. The number of nitrogens with two attached hydrogens (primary N) is 1. The summed E-state index contributed by atoms with van der Waals surface area (Å²) in [4.78, 5) is 12.3. The summed E-state index contributed by atoms with van der Waals surface area (Å²) in [6.07, 6.45) is 2.63. The van der Waals surface area contributed by atoms with Crippen molar-refractivity contribution >= 4 is 17.0 Å². The van der Waals surface area contributed by atoms with Crippen LogP contribution in [-0.4, -0.2) is 55.7 Å². The van der Waals surface area contributed by atoms with Gasteiger partial charge < -0.3 is 25.3 Å². The van der Waals surface area contributed by atoms with Gasteiger partial charge in [-0.1, -0.05) is 0 Å². The fraction of sp³-hybridized carbons (Fsp3) is 0.545. The highest BCUT2D eigenvalue weighted by Gasteiger charge is 2.38. The summed E-state index contributed by atoms with van der Waals surface area (Å²) >= 11 is 0. The van der Waals surface area contributed by atoms with Crippen molar-refractivity contribution in [1.82, 2.24) is 19.5 Å². The number of nitrogen functional groups attached to an aromatic ring is 1. The number of anilines is 1. The van der Waals surface area contributed by atoms with Crippen LogP contribution < -0.4 is 5.73 Å². The van der Waals surface area contributed by atoms with Crippen molar-refractivity contribution < 1.29 is 14.9 Å². The zero-order chi connectivity index (χ0) is 13.4. The van der Waals surface area contributed by atoms with Crippen molar-refractivity contribution in [2.75, 3.05) is 25.6 Å². The van der Waals surface area contributed by atoms with Gasteiger partial charge in [0.05, 0.1) is 38.3 Å². The van der Waals surface area contributed by atoms with Gasteiger partial charge in [-0.3, -0.25) is 0 Å². The van der Waals surface area contributed by atoms with E-state index >= 15 is 0 Å². The van der Waals surface area contributed by atoms with Crippen molar-refractivity contribution in [3.8, 4) is 0 Å². The van der Waals surface area contributed by atoms with E-state index in [1.165, 1.54) is 6.33 Å². The molecule has 0 aromatic carbocycles. The van der Waals surface area contributed by atoms with Crippen molar-refractivity contribution in [2.45, 2.75) is 12.1 Å². The summed E-state index contributed by atoms with van der Waals surface area (Å²) in [6, 6.07) is -0.124. The molecule has 1 aliphatic heterocycles. The first-order chi connectivity index (χ1) is 9.26. The van der Waals surface area contributed by atoms with Gasteiger partial charge in [0.1, 0.15) is 11.8 Å². The number of hydrogen-bond acceptors (Lipinski definition) is 7. The van der Waals surface area contributed by atoms with Crippen LogP contribution in [-0.2, 0) is 4.74 Å². The maximum atomic E-state index is 9.48. The van der Waals surface area contributed by atoms with Crippen LogP contribution in [0.1, 0.15) is 6.04 Å². The SMILES string of the molecule is Nc1ncnc2c1ncn2[C@H]1CO[C@H](CO)[C@H]1CO. The van der Waals surface area contributed by atoms with Crippen LogP contribution in [0.5, 0.6) is 0 Å². The Morgan fingerprint density at radius 1 is 1.32 bits per heavy atom. The molecule has 0 radical (unpaired) electrons. The van der Waals surface area contributed by atoms with Crippen molar-refractivity contribution in [3.05, 3.63) is 12.7 Å². The first-order valence-electron chi connectivity index (χ1n) is 6.02. The summed E-state index contributed by atoms with van der Waals surface area (Å²) in [7, 11) is 0. The quantitative estimate of drug-likeness (QED) is 0.647. The Kier molecular flexibility index (Phi) is 3.05. The normalized spacial score (nSPS) is 27.2.